The molecule has 0 saturated heterocycles. The average Bonchev–Trinajstić information content (AvgIpc) is 2.95. The summed E-state index contributed by atoms with van der Waals surface area (Å²) >= 11 is 0. The summed E-state index contributed by atoms with van der Waals surface area (Å²) in [4.78, 5) is 0. The first-order valence-electron chi connectivity index (χ1n) is 7.52. The van der Waals surface area contributed by atoms with Gasteiger partial charge in [-0.3, -0.25) is 0 Å². The predicted molar refractivity (Wildman–Crippen MR) is 89.8 cm³/mol. The number of benzene rings is 2. The van der Waals surface area contributed by atoms with E-state index in [9.17, 15) is 0 Å². The van der Waals surface area contributed by atoms with Crippen molar-refractivity contribution >= 4 is 21.7 Å². The maximum absolute atomic E-state index is 5.61. The second-order valence-electron chi connectivity index (χ2n) is 5.91. The number of hydrogen-bond acceptors (Lipinski definition) is 1. The van der Waals surface area contributed by atoms with Crippen LogP contribution in [-0.4, -0.2) is 0 Å². The van der Waals surface area contributed by atoms with E-state index in [0.29, 0.717) is 0 Å². The predicted octanol–water partition coefficient (Wildman–Crippen LogP) is 4.69. The molecule has 0 radical (unpaired) electrons. The van der Waals surface area contributed by atoms with E-state index in [1.165, 1.54) is 33.3 Å². The Balaban J connectivity index is 2.15. The van der Waals surface area contributed by atoms with E-state index >= 15 is 0 Å². The summed E-state index contributed by atoms with van der Waals surface area (Å²) in [5.74, 6) is 0. The molecule has 0 fully saturated rings. The Hall–Kier alpha value is -2.61. The van der Waals surface area contributed by atoms with Crippen molar-refractivity contribution in [1.29, 1.82) is 0 Å². The second kappa shape index (κ2) is 4.70. The van der Waals surface area contributed by atoms with Gasteiger partial charge in [0.2, 0.25) is 5.69 Å². The van der Waals surface area contributed by atoms with Gasteiger partial charge in [-0.25, -0.2) is 0 Å². The minimum Gasteiger partial charge on any atom is -0.464 e. The average molecular weight is 288 g/mol. The lowest BCUT2D eigenvalue weighted by atomic mass is 9.98. The van der Waals surface area contributed by atoms with Gasteiger partial charge in [0.05, 0.1) is 17.2 Å². The van der Waals surface area contributed by atoms with Crippen LogP contribution in [0.4, 0.5) is 0 Å². The molecule has 0 bridgehead atoms. The molecule has 2 heterocycles. The summed E-state index contributed by atoms with van der Waals surface area (Å²) in [6, 6.07) is 17.2. The molecule has 0 N–H and O–H groups in total. The number of aromatic nitrogens is 1. The zero-order valence-electron chi connectivity index (χ0n) is 13.1. The largest absolute Gasteiger partial charge is 0.464 e. The van der Waals surface area contributed by atoms with Crippen molar-refractivity contribution in [3.05, 3.63) is 66.1 Å². The number of rotatable bonds is 1. The smallest absolute Gasteiger partial charge is 0.220 e. The highest BCUT2D eigenvalue weighted by atomic mass is 16.3. The highest BCUT2D eigenvalue weighted by molar-refractivity contribution is 5.96. The van der Waals surface area contributed by atoms with Gasteiger partial charge in [0.1, 0.15) is 12.6 Å². The highest BCUT2D eigenvalue weighted by Crippen LogP contribution is 2.31. The van der Waals surface area contributed by atoms with Gasteiger partial charge in [0.25, 0.3) is 0 Å². The van der Waals surface area contributed by atoms with Crippen LogP contribution in [0.25, 0.3) is 33.0 Å². The fourth-order valence-corrected chi connectivity index (χ4v) is 3.22. The first kappa shape index (κ1) is 13.1. The van der Waals surface area contributed by atoms with Gasteiger partial charge in [0, 0.05) is 18.4 Å². The lowest BCUT2D eigenvalue weighted by molar-refractivity contribution is -0.665. The van der Waals surface area contributed by atoms with E-state index in [4.69, 9.17) is 4.42 Å². The Morgan fingerprint density at radius 2 is 1.73 bits per heavy atom. The first-order valence-corrected chi connectivity index (χ1v) is 7.52. The van der Waals surface area contributed by atoms with E-state index < -0.39 is 0 Å². The summed E-state index contributed by atoms with van der Waals surface area (Å²) in [6.07, 6.45) is 1.75. The number of hydrogen-bond donors (Lipinski definition) is 0. The normalized spacial score (nSPS) is 11.4. The topological polar surface area (TPSA) is 17.0 Å². The molecule has 22 heavy (non-hydrogen) atoms. The summed E-state index contributed by atoms with van der Waals surface area (Å²) in [5, 5.41) is 3.69. The van der Waals surface area contributed by atoms with Crippen LogP contribution >= 0.6 is 0 Å². The van der Waals surface area contributed by atoms with Crippen LogP contribution in [0, 0.1) is 13.8 Å². The Bertz CT molecular complexity index is 1010. The lowest BCUT2D eigenvalue weighted by Crippen LogP contribution is -2.35. The summed E-state index contributed by atoms with van der Waals surface area (Å²) in [6.45, 7) is 4.32. The van der Waals surface area contributed by atoms with Gasteiger partial charge in [-0.2, -0.15) is 4.57 Å². The van der Waals surface area contributed by atoms with Gasteiger partial charge in [-0.05, 0) is 42.1 Å². The number of fused-ring (bicyclic) bond motifs is 2. The molecular weight excluding hydrogens is 270 g/mol. The summed E-state index contributed by atoms with van der Waals surface area (Å²) in [5.41, 5.74) is 5.91. The fourth-order valence-electron chi connectivity index (χ4n) is 3.22. The van der Waals surface area contributed by atoms with Gasteiger partial charge in [0.15, 0.2) is 5.69 Å². The molecule has 0 amide bonds. The zero-order valence-corrected chi connectivity index (χ0v) is 13.1. The molecule has 108 valence electrons. The van der Waals surface area contributed by atoms with Gasteiger partial charge >= 0.3 is 0 Å². The zero-order chi connectivity index (χ0) is 15.3. The number of furan rings is 1. The van der Waals surface area contributed by atoms with E-state index in [1.807, 2.05) is 6.07 Å². The van der Waals surface area contributed by atoms with Crippen LogP contribution in [0.5, 0.6) is 0 Å². The van der Waals surface area contributed by atoms with Gasteiger partial charge < -0.3 is 4.42 Å². The highest BCUT2D eigenvalue weighted by Gasteiger charge is 2.20. The summed E-state index contributed by atoms with van der Waals surface area (Å²) < 4.78 is 7.87. The van der Waals surface area contributed by atoms with Gasteiger partial charge in [-0.1, -0.05) is 18.2 Å². The molecule has 0 spiro atoms. The van der Waals surface area contributed by atoms with Crippen molar-refractivity contribution in [1.82, 2.24) is 0 Å². The molecular formula is C20H18NO+. The molecule has 0 saturated carbocycles. The first-order chi connectivity index (χ1) is 10.6. The van der Waals surface area contributed by atoms with Crippen LogP contribution < -0.4 is 4.57 Å². The Kier molecular flexibility index (Phi) is 2.80. The van der Waals surface area contributed by atoms with Crippen LogP contribution in [0.3, 0.4) is 0 Å². The summed E-state index contributed by atoms with van der Waals surface area (Å²) in [7, 11) is 2.13. The van der Waals surface area contributed by atoms with Crippen LogP contribution in [0.2, 0.25) is 0 Å². The molecule has 2 aromatic heterocycles. The molecule has 0 aliphatic rings. The minimum atomic E-state index is 0.936. The monoisotopic (exact) mass is 288 g/mol. The lowest BCUT2D eigenvalue weighted by Gasteiger charge is -2.10. The molecule has 0 atom stereocenters. The van der Waals surface area contributed by atoms with Crippen LogP contribution in [0.1, 0.15) is 11.3 Å². The molecule has 2 heteroatoms. The minimum absolute atomic E-state index is 0.936. The van der Waals surface area contributed by atoms with Crippen molar-refractivity contribution in [3.8, 4) is 11.3 Å². The van der Waals surface area contributed by atoms with E-state index in [0.717, 1.165) is 11.0 Å². The second-order valence-corrected chi connectivity index (χ2v) is 5.91. The van der Waals surface area contributed by atoms with Crippen molar-refractivity contribution in [3.63, 3.8) is 0 Å². The van der Waals surface area contributed by atoms with Crippen molar-refractivity contribution < 1.29 is 8.98 Å². The molecule has 2 aromatic carbocycles. The quantitative estimate of drug-likeness (QED) is 0.464. The van der Waals surface area contributed by atoms with E-state index in [1.54, 1.807) is 6.26 Å². The fraction of sp³-hybridized carbons (Fsp3) is 0.150. The Labute approximate surface area is 129 Å². The van der Waals surface area contributed by atoms with Gasteiger partial charge in [-0.15, -0.1) is 0 Å². The third-order valence-corrected chi connectivity index (χ3v) is 4.50. The molecule has 0 aliphatic heterocycles. The molecule has 4 aromatic rings. The van der Waals surface area contributed by atoms with E-state index in [2.05, 4.69) is 67.9 Å². The van der Waals surface area contributed by atoms with E-state index in [-0.39, 0.29) is 0 Å². The molecule has 0 unspecified atom stereocenters. The van der Waals surface area contributed by atoms with Crippen molar-refractivity contribution in [2.45, 2.75) is 13.8 Å². The van der Waals surface area contributed by atoms with Crippen molar-refractivity contribution in [2.24, 2.45) is 7.05 Å². The standard InChI is InChI=1S/C20H18NO/c1-13-10-16-8-9-22-19(16)12-18(13)20-17-7-5-4-6-15(17)11-14(2)21(20)3/h4-12H,1-3H3/q+1. The van der Waals surface area contributed by atoms with Crippen molar-refractivity contribution in [2.75, 3.05) is 0 Å². The SMILES string of the molecule is Cc1cc2ccoc2cc1-c1c2ccccc2cc(C)[n+]1C. The number of pyridine rings is 1. The Morgan fingerprint density at radius 1 is 0.909 bits per heavy atom. The number of nitrogens with zero attached hydrogens (tertiary/aromatic N) is 1. The van der Waals surface area contributed by atoms with Crippen LogP contribution in [-0.2, 0) is 7.05 Å². The maximum atomic E-state index is 5.61. The third kappa shape index (κ3) is 1.84. The van der Waals surface area contributed by atoms with Crippen LogP contribution in [0.15, 0.2) is 59.2 Å². The molecule has 0 aliphatic carbocycles. The third-order valence-electron chi connectivity index (χ3n) is 4.50. The molecule has 4 rings (SSSR count). The molecule has 2 nitrogen and oxygen atoms in total. The maximum Gasteiger partial charge on any atom is 0.220 e. The number of aryl methyl sites for hydroxylation is 2. The Morgan fingerprint density at radius 3 is 2.59 bits per heavy atom.